The molecule has 0 saturated heterocycles. The van der Waals surface area contributed by atoms with E-state index in [1.165, 1.54) is 74.3 Å². The van der Waals surface area contributed by atoms with E-state index in [-0.39, 0.29) is 29.6 Å². The molecule has 17 heteroatoms. The second-order valence-electron chi connectivity index (χ2n) is 12.5. The van der Waals surface area contributed by atoms with E-state index in [0.29, 0.717) is 28.9 Å². The predicted molar refractivity (Wildman–Crippen MR) is 183 cm³/mol. The maximum absolute atomic E-state index is 15.2. The van der Waals surface area contributed by atoms with Gasteiger partial charge in [0.05, 0.1) is 22.8 Å². The summed E-state index contributed by atoms with van der Waals surface area (Å²) in [4.78, 5) is 67.1. The molecule has 0 spiro atoms. The maximum Gasteiger partial charge on any atom is 0.336 e. The molecule has 2 aromatic heterocycles. The van der Waals surface area contributed by atoms with E-state index in [1.54, 1.807) is 20.8 Å². The van der Waals surface area contributed by atoms with Crippen molar-refractivity contribution in [2.24, 2.45) is 12.5 Å². The van der Waals surface area contributed by atoms with Gasteiger partial charge in [0.15, 0.2) is 0 Å². The van der Waals surface area contributed by atoms with Gasteiger partial charge < -0.3 is 19.9 Å². The lowest BCUT2D eigenvalue weighted by molar-refractivity contribution is -0.145. The molecule has 0 aliphatic heterocycles. The number of ether oxygens (including phenoxy) is 1. The van der Waals surface area contributed by atoms with Gasteiger partial charge in [0.25, 0.3) is 21.5 Å². The summed E-state index contributed by atoms with van der Waals surface area (Å²) in [5.74, 6) is -4.97. The third-order valence-electron chi connectivity index (χ3n) is 7.42. The van der Waals surface area contributed by atoms with Crippen molar-refractivity contribution in [3.63, 3.8) is 0 Å². The summed E-state index contributed by atoms with van der Waals surface area (Å²) in [6.07, 6.45) is 2.44. The Balaban J connectivity index is 1.52. The van der Waals surface area contributed by atoms with Gasteiger partial charge in [0.2, 0.25) is 5.91 Å². The highest BCUT2D eigenvalue weighted by Crippen LogP contribution is 2.25. The Hall–Kier alpha value is -5.71. The van der Waals surface area contributed by atoms with E-state index in [2.05, 4.69) is 15.6 Å². The number of carbonyl (C=O) groups excluding carboxylic acids is 3. The topological polar surface area (TPSA) is 188 Å². The summed E-state index contributed by atoms with van der Waals surface area (Å²) in [6, 6.07) is 7.39. The summed E-state index contributed by atoms with van der Waals surface area (Å²) >= 11 is 0. The van der Waals surface area contributed by atoms with Crippen molar-refractivity contribution in [2.45, 2.75) is 52.0 Å². The van der Waals surface area contributed by atoms with Gasteiger partial charge in [-0.25, -0.2) is 36.3 Å². The first-order valence-corrected chi connectivity index (χ1v) is 17.0. The second kappa shape index (κ2) is 15.0. The molecule has 2 heterocycles. The standard InChI is InChI=1S/C34H36F2N6O8S/c1-7-50-31(45)27(14-20-8-13-28(37-17-20)42-30(44)19(2)18-41(6)33(42)47)39-29(43)23-15-25(36)26(16-24(23)35)40-51(48,49)22-11-9-21(10-12-22)38-32(46)34(3,4)5/h8-13,15-18,27,40H,7,14H2,1-6H3,(H,38,46)(H,39,43)/t27-/m0/s1. The van der Waals surface area contributed by atoms with Crippen molar-refractivity contribution in [3.8, 4) is 5.82 Å². The van der Waals surface area contributed by atoms with Crippen molar-refractivity contribution >= 4 is 39.2 Å². The van der Waals surface area contributed by atoms with Crippen molar-refractivity contribution in [1.29, 1.82) is 0 Å². The number of amides is 2. The van der Waals surface area contributed by atoms with Crippen LogP contribution in [-0.2, 0) is 37.8 Å². The molecule has 2 aromatic carbocycles. The zero-order valence-electron chi connectivity index (χ0n) is 28.5. The van der Waals surface area contributed by atoms with Gasteiger partial charge in [-0.2, -0.15) is 0 Å². The zero-order valence-corrected chi connectivity index (χ0v) is 29.4. The molecule has 51 heavy (non-hydrogen) atoms. The van der Waals surface area contributed by atoms with Crippen molar-refractivity contribution in [3.05, 3.63) is 110 Å². The molecular weight excluding hydrogens is 690 g/mol. The predicted octanol–water partition coefficient (Wildman–Crippen LogP) is 3.21. The Morgan fingerprint density at radius 3 is 2.25 bits per heavy atom. The number of pyridine rings is 1. The number of aromatic nitrogens is 3. The van der Waals surface area contributed by atoms with Crippen LogP contribution in [0.25, 0.3) is 5.82 Å². The molecule has 14 nitrogen and oxygen atoms in total. The molecule has 3 N–H and O–H groups in total. The Kier molecular flexibility index (Phi) is 11.2. The van der Waals surface area contributed by atoms with Gasteiger partial charge in [-0.3, -0.25) is 19.1 Å². The Morgan fingerprint density at radius 1 is 1.00 bits per heavy atom. The molecule has 0 bridgehead atoms. The number of esters is 1. The van der Waals surface area contributed by atoms with Crippen LogP contribution in [-0.4, -0.2) is 53.0 Å². The zero-order chi connectivity index (χ0) is 37.8. The molecule has 1 atom stereocenters. The minimum atomic E-state index is -4.43. The summed E-state index contributed by atoms with van der Waals surface area (Å²) in [7, 11) is -2.96. The van der Waals surface area contributed by atoms with E-state index in [9.17, 15) is 32.4 Å². The first-order valence-electron chi connectivity index (χ1n) is 15.5. The second-order valence-corrected chi connectivity index (χ2v) is 14.2. The monoisotopic (exact) mass is 726 g/mol. The van der Waals surface area contributed by atoms with Gasteiger partial charge in [0.1, 0.15) is 23.5 Å². The fourth-order valence-corrected chi connectivity index (χ4v) is 5.70. The lowest BCUT2D eigenvalue weighted by atomic mass is 9.95. The van der Waals surface area contributed by atoms with Gasteiger partial charge >= 0.3 is 11.7 Å². The van der Waals surface area contributed by atoms with Crippen LogP contribution in [0.2, 0.25) is 0 Å². The van der Waals surface area contributed by atoms with Crippen molar-refractivity contribution in [1.82, 2.24) is 19.4 Å². The van der Waals surface area contributed by atoms with E-state index in [0.717, 1.165) is 4.57 Å². The molecule has 4 aromatic rings. The van der Waals surface area contributed by atoms with Gasteiger partial charge in [-0.15, -0.1) is 0 Å². The number of hydrogen-bond acceptors (Lipinski definition) is 9. The third kappa shape index (κ3) is 8.91. The first-order chi connectivity index (χ1) is 23.8. The first kappa shape index (κ1) is 38.1. The van der Waals surface area contributed by atoms with E-state index in [1.807, 2.05) is 4.72 Å². The number of nitrogens with one attached hydrogen (secondary N) is 3. The highest BCUT2D eigenvalue weighted by molar-refractivity contribution is 7.92. The number of anilines is 2. The maximum atomic E-state index is 15.2. The lowest BCUT2D eigenvalue weighted by Crippen LogP contribution is -2.43. The van der Waals surface area contributed by atoms with Crippen LogP contribution < -0.4 is 26.6 Å². The number of benzene rings is 2. The summed E-state index contributed by atoms with van der Waals surface area (Å²) in [5, 5.41) is 4.95. The Labute approximate surface area is 291 Å². The molecular formula is C34H36F2N6O8S. The number of nitrogens with zero attached hydrogens (tertiary/aromatic N) is 3. The molecule has 2 amide bonds. The van der Waals surface area contributed by atoms with Crippen molar-refractivity contribution in [2.75, 3.05) is 16.6 Å². The molecule has 4 rings (SSSR count). The average molecular weight is 727 g/mol. The molecule has 0 unspecified atom stereocenters. The molecule has 270 valence electrons. The minimum Gasteiger partial charge on any atom is -0.464 e. The lowest BCUT2D eigenvalue weighted by Gasteiger charge is -2.18. The van der Waals surface area contributed by atoms with Gasteiger partial charge in [-0.1, -0.05) is 26.8 Å². The fraction of sp³-hybridized carbons (Fsp3) is 0.294. The van der Waals surface area contributed by atoms with Gasteiger partial charge in [0, 0.05) is 48.6 Å². The Bertz CT molecular complexity index is 2180. The number of carbonyl (C=O) groups is 3. The van der Waals surface area contributed by atoms with E-state index in [4.69, 9.17) is 4.74 Å². The van der Waals surface area contributed by atoms with Gasteiger partial charge in [-0.05, 0) is 55.8 Å². The molecule has 0 saturated carbocycles. The number of halogens is 2. The summed E-state index contributed by atoms with van der Waals surface area (Å²) in [6.45, 7) is 8.12. The van der Waals surface area contributed by atoms with Crippen LogP contribution in [0.15, 0.2) is 75.4 Å². The molecule has 0 aliphatic rings. The van der Waals surface area contributed by atoms with E-state index >= 15 is 8.78 Å². The number of rotatable bonds is 11. The van der Waals surface area contributed by atoms with Crippen LogP contribution >= 0.6 is 0 Å². The highest BCUT2D eigenvalue weighted by Gasteiger charge is 2.27. The molecule has 0 fully saturated rings. The Morgan fingerprint density at radius 2 is 1.67 bits per heavy atom. The van der Waals surface area contributed by atoms with Crippen LogP contribution in [0.3, 0.4) is 0 Å². The number of aryl methyl sites for hydroxylation is 2. The van der Waals surface area contributed by atoms with Crippen LogP contribution in [0.5, 0.6) is 0 Å². The largest absolute Gasteiger partial charge is 0.464 e. The quantitative estimate of drug-likeness (QED) is 0.195. The van der Waals surface area contributed by atoms with Crippen LogP contribution in [0, 0.1) is 24.0 Å². The van der Waals surface area contributed by atoms with E-state index < -0.39 is 67.5 Å². The normalized spacial score (nSPS) is 12.2. The third-order valence-corrected chi connectivity index (χ3v) is 8.81. The van der Waals surface area contributed by atoms with Crippen LogP contribution in [0.4, 0.5) is 20.2 Å². The minimum absolute atomic E-state index is 0.0136. The summed E-state index contributed by atoms with van der Waals surface area (Å²) < 4.78 is 65.3. The van der Waals surface area contributed by atoms with Crippen molar-refractivity contribution < 1.29 is 36.3 Å². The fourth-order valence-electron chi connectivity index (χ4n) is 4.64. The summed E-state index contributed by atoms with van der Waals surface area (Å²) in [5.41, 5.74) is -2.53. The number of sulfonamides is 1. The van der Waals surface area contributed by atoms with Crippen LogP contribution in [0.1, 0.15) is 49.2 Å². The average Bonchev–Trinajstić information content (AvgIpc) is 3.05. The molecule has 0 radical (unpaired) electrons. The SMILES string of the molecule is CCOC(=O)[C@H](Cc1ccc(-n2c(=O)c(C)cn(C)c2=O)nc1)NC(=O)c1cc(F)c(NS(=O)(=O)c2ccc(NC(=O)C(C)(C)C)cc2)cc1F. The highest BCUT2D eigenvalue weighted by atomic mass is 32.2. The smallest absolute Gasteiger partial charge is 0.336 e. The molecule has 0 aliphatic carbocycles. The number of hydrogen-bond donors (Lipinski definition) is 3.